The summed E-state index contributed by atoms with van der Waals surface area (Å²) in [6.07, 6.45) is 0. The minimum absolute atomic E-state index is 0.490. The fraction of sp³-hybridized carbons (Fsp3) is 0. The molecule has 0 bridgehead atoms. The highest BCUT2D eigenvalue weighted by Crippen LogP contribution is 2.38. The van der Waals surface area contributed by atoms with Gasteiger partial charge in [0.1, 0.15) is 0 Å². The first-order valence-corrected chi connectivity index (χ1v) is 14.2. The van der Waals surface area contributed by atoms with Gasteiger partial charge in [-0.05, 0) is 78.4 Å². The van der Waals surface area contributed by atoms with E-state index in [0.717, 1.165) is 60.5 Å². The summed E-state index contributed by atoms with van der Waals surface area (Å²) in [6, 6.07) is 49.1. The molecule has 5 nitrogen and oxygen atoms in total. The molecule has 0 saturated carbocycles. The molecular weight excluding hydrogens is 538 g/mol. The van der Waals surface area contributed by atoms with E-state index in [1.165, 1.54) is 0 Å². The average Bonchev–Trinajstić information content (AvgIpc) is 3.60. The van der Waals surface area contributed by atoms with Crippen molar-refractivity contribution in [3.63, 3.8) is 0 Å². The smallest absolute Gasteiger partial charge is 0.0998 e. The third-order valence-electron chi connectivity index (χ3n) is 8.38. The number of para-hydroxylation sites is 3. The van der Waals surface area contributed by atoms with Gasteiger partial charge in [0.2, 0.25) is 0 Å². The van der Waals surface area contributed by atoms with Crippen molar-refractivity contribution in [2.75, 3.05) is 0 Å². The molecule has 6 aromatic carbocycles. The third kappa shape index (κ3) is 3.70. The maximum absolute atomic E-state index is 10.1. The van der Waals surface area contributed by atoms with Crippen molar-refractivity contribution >= 4 is 43.6 Å². The van der Waals surface area contributed by atoms with Crippen LogP contribution in [0.15, 0.2) is 127 Å². The van der Waals surface area contributed by atoms with Crippen molar-refractivity contribution in [2.45, 2.75) is 0 Å². The Morgan fingerprint density at radius 3 is 1.43 bits per heavy atom. The standard InChI is InChI=1S/C39H21N5/c40-22-25-13-15-27(24-42)34(17-25)28-19-29(43-36-10-4-1-7-31(36)32-8-2-5-11-37(32)43)21-30(20-28)44-38-12-6-3-9-33(38)35-18-26(23-41)14-16-39(35)44/h1-21H. The fourth-order valence-corrected chi connectivity index (χ4v) is 6.48. The number of nitrogens with zero attached hydrogens (tertiary/aromatic N) is 5. The van der Waals surface area contributed by atoms with Crippen LogP contribution in [0.2, 0.25) is 0 Å². The lowest BCUT2D eigenvalue weighted by Gasteiger charge is -2.16. The van der Waals surface area contributed by atoms with Crippen LogP contribution in [0.4, 0.5) is 0 Å². The molecule has 2 aromatic heterocycles. The quantitative estimate of drug-likeness (QED) is 0.216. The molecule has 0 aliphatic carbocycles. The monoisotopic (exact) mass is 559 g/mol. The summed E-state index contributed by atoms with van der Waals surface area (Å²) in [4.78, 5) is 0. The van der Waals surface area contributed by atoms with Crippen LogP contribution in [-0.2, 0) is 0 Å². The van der Waals surface area contributed by atoms with Gasteiger partial charge in [0.15, 0.2) is 0 Å². The van der Waals surface area contributed by atoms with Gasteiger partial charge in [0, 0.05) is 38.5 Å². The van der Waals surface area contributed by atoms with Gasteiger partial charge >= 0.3 is 0 Å². The van der Waals surface area contributed by atoms with E-state index in [9.17, 15) is 15.8 Å². The van der Waals surface area contributed by atoms with Crippen molar-refractivity contribution in [3.05, 3.63) is 144 Å². The van der Waals surface area contributed by atoms with E-state index in [-0.39, 0.29) is 0 Å². The first-order chi connectivity index (χ1) is 21.7. The Labute approximate surface area is 252 Å². The highest BCUT2D eigenvalue weighted by Gasteiger charge is 2.18. The molecule has 0 atom stereocenters. The number of rotatable bonds is 3. The summed E-state index contributed by atoms with van der Waals surface area (Å²) < 4.78 is 4.48. The molecule has 0 aliphatic heterocycles. The maximum Gasteiger partial charge on any atom is 0.0998 e. The Hall–Kier alpha value is -6.61. The summed E-state index contributed by atoms with van der Waals surface area (Å²) in [5.41, 5.74) is 9.08. The second-order valence-corrected chi connectivity index (χ2v) is 10.8. The van der Waals surface area contributed by atoms with Crippen LogP contribution in [0.3, 0.4) is 0 Å². The number of hydrogen-bond acceptors (Lipinski definition) is 3. The highest BCUT2D eigenvalue weighted by molar-refractivity contribution is 6.11. The van der Waals surface area contributed by atoms with Gasteiger partial charge in [0.25, 0.3) is 0 Å². The summed E-state index contributed by atoms with van der Waals surface area (Å²) in [7, 11) is 0. The van der Waals surface area contributed by atoms with E-state index in [1.54, 1.807) is 18.2 Å². The molecule has 0 unspecified atom stereocenters. The largest absolute Gasteiger partial charge is 0.309 e. The zero-order valence-corrected chi connectivity index (χ0v) is 23.4. The van der Waals surface area contributed by atoms with Gasteiger partial charge in [-0.25, -0.2) is 0 Å². The number of nitriles is 3. The van der Waals surface area contributed by atoms with Crippen LogP contribution in [0.25, 0.3) is 66.1 Å². The van der Waals surface area contributed by atoms with E-state index in [1.807, 2.05) is 42.5 Å². The molecule has 0 N–H and O–H groups in total. The normalized spacial score (nSPS) is 11.1. The Kier molecular flexibility index (Phi) is 5.56. The van der Waals surface area contributed by atoms with Gasteiger partial charge in [-0.15, -0.1) is 0 Å². The van der Waals surface area contributed by atoms with Gasteiger partial charge < -0.3 is 9.13 Å². The van der Waals surface area contributed by atoms with Crippen LogP contribution in [-0.4, -0.2) is 9.13 Å². The van der Waals surface area contributed by atoms with Crippen molar-refractivity contribution in [1.29, 1.82) is 15.8 Å². The number of fused-ring (bicyclic) bond motifs is 6. The Bertz CT molecular complexity index is 2540. The number of benzene rings is 6. The molecular formula is C39H21N5. The number of aromatic nitrogens is 2. The predicted octanol–water partition coefficient (Wildman–Crippen LogP) is 9.16. The van der Waals surface area contributed by atoms with E-state index >= 15 is 0 Å². The van der Waals surface area contributed by atoms with Crippen molar-refractivity contribution in [3.8, 4) is 40.7 Å². The molecule has 0 spiro atoms. The van der Waals surface area contributed by atoms with Crippen molar-refractivity contribution in [2.24, 2.45) is 0 Å². The third-order valence-corrected chi connectivity index (χ3v) is 8.38. The Morgan fingerprint density at radius 2 is 0.886 bits per heavy atom. The highest BCUT2D eigenvalue weighted by atomic mass is 15.0. The second kappa shape index (κ2) is 9.74. The molecule has 0 saturated heterocycles. The first-order valence-electron chi connectivity index (χ1n) is 14.2. The van der Waals surface area contributed by atoms with Crippen LogP contribution in [0.5, 0.6) is 0 Å². The van der Waals surface area contributed by atoms with E-state index in [4.69, 9.17) is 0 Å². The zero-order chi connectivity index (χ0) is 29.8. The topological polar surface area (TPSA) is 81.2 Å². The number of hydrogen-bond donors (Lipinski definition) is 0. The first kappa shape index (κ1) is 25.1. The van der Waals surface area contributed by atoms with Crippen LogP contribution < -0.4 is 0 Å². The van der Waals surface area contributed by atoms with Crippen molar-refractivity contribution in [1.82, 2.24) is 9.13 Å². The molecule has 44 heavy (non-hydrogen) atoms. The lowest BCUT2D eigenvalue weighted by atomic mass is 9.97. The molecule has 0 fully saturated rings. The molecule has 0 aliphatic rings. The lowest BCUT2D eigenvalue weighted by Crippen LogP contribution is -2.00. The molecule has 202 valence electrons. The van der Waals surface area contributed by atoms with E-state index in [2.05, 4.69) is 94.1 Å². The van der Waals surface area contributed by atoms with Gasteiger partial charge in [0.05, 0.1) is 57.0 Å². The molecule has 8 rings (SSSR count). The van der Waals surface area contributed by atoms with Crippen molar-refractivity contribution < 1.29 is 0 Å². The SMILES string of the molecule is N#Cc1ccc(C#N)c(-c2cc(-n3c4ccccc4c4ccccc43)cc(-n3c4ccccc4c4cc(C#N)ccc43)c2)c1. The maximum atomic E-state index is 10.1. The predicted molar refractivity (Wildman–Crippen MR) is 175 cm³/mol. The molecule has 2 heterocycles. The molecule has 0 amide bonds. The Morgan fingerprint density at radius 1 is 0.409 bits per heavy atom. The van der Waals surface area contributed by atoms with Gasteiger partial charge in [-0.1, -0.05) is 54.6 Å². The second-order valence-electron chi connectivity index (χ2n) is 10.8. The van der Waals surface area contributed by atoms with E-state index in [0.29, 0.717) is 22.3 Å². The molecule has 8 aromatic rings. The minimum atomic E-state index is 0.490. The molecule has 0 radical (unpaired) electrons. The summed E-state index contributed by atoms with van der Waals surface area (Å²) in [5.74, 6) is 0. The minimum Gasteiger partial charge on any atom is -0.309 e. The summed E-state index contributed by atoms with van der Waals surface area (Å²) in [6.45, 7) is 0. The van der Waals surface area contributed by atoms with Crippen LogP contribution in [0, 0.1) is 34.0 Å². The average molecular weight is 560 g/mol. The van der Waals surface area contributed by atoms with Gasteiger partial charge in [-0.2, -0.15) is 15.8 Å². The summed E-state index contributed by atoms with van der Waals surface area (Å²) >= 11 is 0. The summed E-state index contributed by atoms with van der Waals surface area (Å²) in [5, 5.41) is 33.8. The van der Waals surface area contributed by atoms with Gasteiger partial charge in [-0.3, -0.25) is 0 Å². The van der Waals surface area contributed by atoms with E-state index < -0.39 is 0 Å². The van der Waals surface area contributed by atoms with Crippen LogP contribution in [0.1, 0.15) is 16.7 Å². The van der Waals surface area contributed by atoms with Crippen LogP contribution >= 0.6 is 0 Å². The Balaban J connectivity index is 1.53. The zero-order valence-electron chi connectivity index (χ0n) is 23.4. The lowest BCUT2D eigenvalue weighted by molar-refractivity contribution is 1.13. The molecule has 5 heteroatoms. The fourth-order valence-electron chi connectivity index (χ4n) is 6.48.